The molecule has 0 radical (unpaired) electrons. The SMILES string of the molecule is CC(=O)OCC(=O)NC1CCCCO1. The maximum Gasteiger partial charge on any atom is 0.303 e. The Kier molecular flexibility index (Phi) is 4.39. The van der Waals surface area contributed by atoms with Gasteiger partial charge in [0.15, 0.2) is 6.61 Å². The van der Waals surface area contributed by atoms with Crippen molar-refractivity contribution in [3.05, 3.63) is 0 Å². The highest BCUT2D eigenvalue weighted by molar-refractivity contribution is 5.79. The highest BCUT2D eigenvalue weighted by Gasteiger charge is 2.16. The van der Waals surface area contributed by atoms with E-state index in [4.69, 9.17) is 4.74 Å². The summed E-state index contributed by atoms with van der Waals surface area (Å²) in [4.78, 5) is 21.6. The largest absolute Gasteiger partial charge is 0.456 e. The molecule has 1 saturated heterocycles. The lowest BCUT2D eigenvalue weighted by Crippen LogP contribution is -2.41. The fourth-order valence-corrected chi connectivity index (χ4v) is 1.24. The maximum absolute atomic E-state index is 11.1. The molecule has 80 valence electrons. The zero-order chi connectivity index (χ0) is 10.4. The highest BCUT2D eigenvalue weighted by atomic mass is 16.5. The van der Waals surface area contributed by atoms with E-state index >= 15 is 0 Å². The van der Waals surface area contributed by atoms with E-state index in [1.165, 1.54) is 6.92 Å². The minimum atomic E-state index is -0.454. The molecule has 1 heterocycles. The molecule has 1 rings (SSSR count). The van der Waals surface area contributed by atoms with E-state index in [0.29, 0.717) is 6.61 Å². The first-order valence-electron chi connectivity index (χ1n) is 4.73. The Bertz CT molecular complexity index is 211. The summed E-state index contributed by atoms with van der Waals surface area (Å²) in [7, 11) is 0. The Hall–Kier alpha value is -1.10. The number of nitrogens with one attached hydrogen (secondary N) is 1. The van der Waals surface area contributed by atoms with Crippen LogP contribution in [0, 0.1) is 0 Å². The topological polar surface area (TPSA) is 64.6 Å². The van der Waals surface area contributed by atoms with Gasteiger partial charge in [-0.1, -0.05) is 0 Å². The molecular weight excluding hydrogens is 186 g/mol. The van der Waals surface area contributed by atoms with Crippen LogP contribution in [-0.4, -0.2) is 31.3 Å². The third-order valence-corrected chi connectivity index (χ3v) is 1.91. The molecule has 0 aromatic carbocycles. The molecule has 14 heavy (non-hydrogen) atoms. The predicted octanol–water partition coefficient (Wildman–Crippen LogP) is 0.192. The van der Waals surface area contributed by atoms with E-state index < -0.39 is 5.97 Å². The maximum atomic E-state index is 11.1. The first-order valence-corrected chi connectivity index (χ1v) is 4.73. The van der Waals surface area contributed by atoms with Gasteiger partial charge in [0, 0.05) is 13.5 Å². The van der Waals surface area contributed by atoms with Gasteiger partial charge in [-0.3, -0.25) is 9.59 Å². The van der Waals surface area contributed by atoms with Gasteiger partial charge < -0.3 is 14.8 Å². The van der Waals surface area contributed by atoms with Crippen LogP contribution in [0.15, 0.2) is 0 Å². The molecule has 0 bridgehead atoms. The van der Waals surface area contributed by atoms with Gasteiger partial charge in [-0.15, -0.1) is 0 Å². The van der Waals surface area contributed by atoms with Gasteiger partial charge in [-0.05, 0) is 19.3 Å². The van der Waals surface area contributed by atoms with Crippen LogP contribution < -0.4 is 5.32 Å². The fraction of sp³-hybridized carbons (Fsp3) is 0.778. The van der Waals surface area contributed by atoms with Crippen LogP contribution in [0.25, 0.3) is 0 Å². The molecule has 1 fully saturated rings. The lowest BCUT2D eigenvalue weighted by molar-refractivity contribution is -0.148. The van der Waals surface area contributed by atoms with E-state index in [9.17, 15) is 9.59 Å². The number of rotatable bonds is 3. The summed E-state index contributed by atoms with van der Waals surface area (Å²) in [6, 6.07) is 0. The van der Waals surface area contributed by atoms with Crippen molar-refractivity contribution in [2.24, 2.45) is 0 Å². The first-order chi connectivity index (χ1) is 6.68. The van der Waals surface area contributed by atoms with Crippen molar-refractivity contribution in [3.63, 3.8) is 0 Å². The lowest BCUT2D eigenvalue weighted by Gasteiger charge is -2.23. The van der Waals surface area contributed by atoms with Crippen molar-refractivity contribution < 1.29 is 19.1 Å². The van der Waals surface area contributed by atoms with Gasteiger partial charge in [0.1, 0.15) is 6.23 Å². The van der Waals surface area contributed by atoms with E-state index in [1.54, 1.807) is 0 Å². The molecule has 5 heteroatoms. The number of amides is 1. The molecule has 1 aliphatic rings. The highest BCUT2D eigenvalue weighted by Crippen LogP contribution is 2.09. The number of carbonyl (C=O) groups excluding carboxylic acids is 2. The van der Waals surface area contributed by atoms with Gasteiger partial charge >= 0.3 is 5.97 Å². The van der Waals surface area contributed by atoms with Crippen LogP contribution in [0.2, 0.25) is 0 Å². The number of esters is 1. The molecule has 5 nitrogen and oxygen atoms in total. The van der Waals surface area contributed by atoms with E-state index in [-0.39, 0.29) is 18.7 Å². The standard InChI is InChI=1S/C9H15NO4/c1-7(11)14-6-8(12)10-9-4-2-3-5-13-9/h9H,2-6H2,1H3,(H,10,12). The number of ether oxygens (including phenoxy) is 2. The van der Waals surface area contributed by atoms with Crippen LogP contribution in [0.3, 0.4) is 0 Å². The quantitative estimate of drug-likeness (QED) is 0.662. The average Bonchev–Trinajstić information content (AvgIpc) is 2.16. The lowest BCUT2D eigenvalue weighted by atomic mass is 10.2. The van der Waals surface area contributed by atoms with Crippen molar-refractivity contribution in [2.75, 3.05) is 13.2 Å². The Morgan fingerprint density at radius 1 is 1.50 bits per heavy atom. The van der Waals surface area contributed by atoms with Gasteiger partial charge in [-0.2, -0.15) is 0 Å². The summed E-state index contributed by atoms with van der Waals surface area (Å²) in [6.45, 7) is 1.72. The van der Waals surface area contributed by atoms with Crippen molar-refractivity contribution in [2.45, 2.75) is 32.4 Å². The summed E-state index contributed by atoms with van der Waals surface area (Å²) in [5.74, 6) is -0.767. The molecule has 0 saturated carbocycles. The number of hydrogen-bond acceptors (Lipinski definition) is 4. The van der Waals surface area contributed by atoms with Gasteiger partial charge in [0.2, 0.25) is 0 Å². The molecule has 1 atom stereocenters. The molecule has 0 spiro atoms. The third-order valence-electron chi connectivity index (χ3n) is 1.91. The van der Waals surface area contributed by atoms with Crippen LogP contribution in [0.4, 0.5) is 0 Å². The summed E-state index contributed by atoms with van der Waals surface area (Å²) in [6.07, 6.45) is 2.70. The van der Waals surface area contributed by atoms with Crippen molar-refractivity contribution in [1.82, 2.24) is 5.32 Å². The Balaban J connectivity index is 2.15. The zero-order valence-corrected chi connectivity index (χ0v) is 8.25. The van der Waals surface area contributed by atoms with Gasteiger partial charge in [0.25, 0.3) is 5.91 Å². The minimum Gasteiger partial charge on any atom is -0.456 e. The molecule has 1 unspecified atom stereocenters. The second-order valence-electron chi connectivity index (χ2n) is 3.20. The van der Waals surface area contributed by atoms with Gasteiger partial charge in [-0.25, -0.2) is 0 Å². The second-order valence-corrected chi connectivity index (χ2v) is 3.20. The smallest absolute Gasteiger partial charge is 0.303 e. The van der Waals surface area contributed by atoms with Gasteiger partial charge in [0.05, 0.1) is 0 Å². The molecule has 0 aromatic rings. The van der Waals surface area contributed by atoms with Crippen LogP contribution in [-0.2, 0) is 19.1 Å². The average molecular weight is 201 g/mol. The Morgan fingerprint density at radius 2 is 2.29 bits per heavy atom. The van der Waals surface area contributed by atoms with Crippen molar-refractivity contribution in [3.8, 4) is 0 Å². The predicted molar refractivity (Wildman–Crippen MR) is 48.4 cm³/mol. The van der Waals surface area contributed by atoms with E-state index in [1.807, 2.05) is 0 Å². The van der Waals surface area contributed by atoms with Crippen LogP contribution in [0.1, 0.15) is 26.2 Å². The molecule has 1 aliphatic heterocycles. The number of hydrogen-bond donors (Lipinski definition) is 1. The second kappa shape index (κ2) is 5.59. The zero-order valence-electron chi connectivity index (χ0n) is 8.25. The summed E-state index contributed by atoms with van der Waals surface area (Å²) in [5.41, 5.74) is 0. The minimum absolute atomic E-state index is 0.216. The number of carbonyl (C=O) groups is 2. The molecule has 1 amide bonds. The normalized spacial score (nSPS) is 21.4. The molecular formula is C9H15NO4. The van der Waals surface area contributed by atoms with Crippen molar-refractivity contribution >= 4 is 11.9 Å². The summed E-state index contributed by atoms with van der Waals surface area (Å²) in [5, 5.41) is 2.64. The molecule has 0 aromatic heterocycles. The Labute approximate surface area is 82.8 Å². The Morgan fingerprint density at radius 3 is 2.86 bits per heavy atom. The molecule has 0 aliphatic carbocycles. The summed E-state index contributed by atoms with van der Waals surface area (Å²) < 4.78 is 9.82. The summed E-state index contributed by atoms with van der Waals surface area (Å²) >= 11 is 0. The van der Waals surface area contributed by atoms with Crippen LogP contribution >= 0.6 is 0 Å². The monoisotopic (exact) mass is 201 g/mol. The fourth-order valence-electron chi connectivity index (χ4n) is 1.24. The van der Waals surface area contributed by atoms with E-state index in [2.05, 4.69) is 10.1 Å². The molecule has 1 N–H and O–H groups in total. The van der Waals surface area contributed by atoms with Crippen LogP contribution in [0.5, 0.6) is 0 Å². The van der Waals surface area contributed by atoms with E-state index in [0.717, 1.165) is 19.3 Å². The first kappa shape index (κ1) is 11.0. The van der Waals surface area contributed by atoms with Crippen molar-refractivity contribution in [1.29, 1.82) is 0 Å². The third kappa shape index (κ3) is 4.23.